The number of β-lactam (4-membered cyclic amide) rings is 2. The van der Waals surface area contributed by atoms with E-state index in [0.29, 0.717) is 34.2 Å². The number of nitrogens with one attached hydrogen (secondary N) is 2. The third kappa shape index (κ3) is 10.1. The van der Waals surface area contributed by atoms with E-state index in [2.05, 4.69) is 62.1 Å². The third-order valence-corrected chi connectivity index (χ3v) is 15.1. The van der Waals surface area contributed by atoms with Crippen LogP contribution in [0.1, 0.15) is 10.0 Å². The summed E-state index contributed by atoms with van der Waals surface area (Å²) in [6.45, 7) is 3.41. The molecule has 4 amide bonds. The fourth-order valence-corrected chi connectivity index (χ4v) is 12.4. The third-order valence-electron chi connectivity index (χ3n) is 8.27. The van der Waals surface area contributed by atoms with Gasteiger partial charge in [-0.3, -0.25) is 29.0 Å². The number of aromatic nitrogens is 12. The van der Waals surface area contributed by atoms with Gasteiger partial charge in [0.05, 0.1) is 11.7 Å². The Kier molecular flexibility index (Phi) is 14.8. The summed E-state index contributed by atoms with van der Waals surface area (Å²) >= 11 is 8.41. The number of hydrogen-bond acceptors (Lipinski definition) is 23. The van der Waals surface area contributed by atoms with E-state index in [1.807, 2.05) is 13.8 Å². The Balaban J connectivity index is 0.000000195. The predicted molar refractivity (Wildman–Crippen MR) is 203 cm³/mol. The first-order valence-corrected chi connectivity index (χ1v) is 22.2. The minimum atomic E-state index is -1.41. The Labute approximate surface area is 378 Å². The molecule has 0 saturated carbocycles. The maximum absolute atomic E-state index is 12.6. The molecule has 4 aliphatic rings. The fraction of sp³-hybridized carbons (Fsp3) is 0.429. The summed E-state index contributed by atoms with van der Waals surface area (Å²) in [6.07, 6.45) is 2.57. The van der Waals surface area contributed by atoms with Gasteiger partial charge >= 0.3 is 35.5 Å². The van der Waals surface area contributed by atoms with Crippen LogP contribution in [0.3, 0.4) is 0 Å². The van der Waals surface area contributed by atoms with Crippen molar-refractivity contribution in [2.45, 2.75) is 58.4 Å². The Hall–Kier alpha value is -4.04. The van der Waals surface area contributed by atoms with Gasteiger partial charge in [0.1, 0.15) is 64.3 Å². The molecule has 31 heteroatoms. The summed E-state index contributed by atoms with van der Waals surface area (Å²) in [5.74, 6) is -2.76. The summed E-state index contributed by atoms with van der Waals surface area (Å²) in [5, 5.41) is 64.2. The quantitative estimate of drug-likeness (QED) is 0.0603. The van der Waals surface area contributed by atoms with Gasteiger partial charge in [0.15, 0.2) is 8.68 Å². The zero-order valence-corrected chi connectivity index (χ0v) is 37.6. The minimum absolute atomic E-state index is 0. The standard InChI is InChI=1S/2C14H14N8O4S3.Na/c2*1-6-17-18-14(29-6)28-4-7-3-27-12-9(11(24)22(12)10(7)13(25)26)16-8(23)2-21-5-15-19-20-21;/h2*5,9,12H,2-4H2,1H3,(H,16,23)(H,25,26);/q;;+1/p-1/t9?,12-;9-,12-;/m11./s1. The monoisotopic (exact) mass is 930 g/mol. The average molecular weight is 931 g/mol. The second kappa shape index (κ2) is 19.6. The Morgan fingerprint density at radius 2 is 1.20 bits per heavy atom. The van der Waals surface area contributed by atoms with Crippen molar-refractivity contribution in [2.24, 2.45) is 0 Å². The summed E-state index contributed by atoms with van der Waals surface area (Å²) in [5.41, 5.74) is 1.08. The number of carbonyl (C=O) groups excluding carboxylic acids is 5. The maximum atomic E-state index is 12.6. The summed E-state index contributed by atoms with van der Waals surface area (Å²) in [7, 11) is 0. The molecule has 4 aromatic rings. The van der Waals surface area contributed by atoms with Gasteiger partial charge < -0.3 is 25.6 Å². The minimum Gasteiger partial charge on any atom is -0.543 e. The van der Waals surface area contributed by atoms with Crippen LogP contribution < -0.4 is 45.3 Å². The molecular weight excluding hydrogens is 904 g/mol. The van der Waals surface area contributed by atoms with Gasteiger partial charge in [0.2, 0.25) is 11.8 Å². The van der Waals surface area contributed by atoms with Crippen LogP contribution in [0.5, 0.6) is 0 Å². The van der Waals surface area contributed by atoms with Crippen molar-refractivity contribution in [3.8, 4) is 0 Å². The zero-order valence-electron chi connectivity index (χ0n) is 30.7. The molecule has 304 valence electrons. The number of thioether (sulfide) groups is 4. The molecule has 59 heavy (non-hydrogen) atoms. The molecule has 3 N–H and O–H groups in total. The molecule has 0 bridgehead atoms. The number of nitrogens with zero attached hydrogens (tertiary/aromatic N) is 14. The van der Waals surface area contributed by atoms with Crippen molar-refractivity contribution in [1.29, 1.82) is 0 Å². The second-order valence-corrected chi connectivity index (χ2v) is 19.2. The second-order valence-electron chi connectivity index (χ2n) is 12.2. The molecule has 4 aromatic heterocycles. The maximum Gasteiger partial charge on any atom is 1.00 e. The van der Waals surface area contributed by atoms with E-state index < -0.39 is 58.4 Å². The van der Waals surface area contributed by atoms with Gasteiger partial charge in [-0.15, -0.1) is 54.1 Å². The van der Waals surface area contributed by atoms with Crippen molar-refractivity contribution in [3.05, 3.63) is 45.2 Å². The molecular formula is C28H27N16NaO8S6. The van der Waals surface area contributed by atoms with Crippen LogP contribution in [-0.4, -0.2) is 157 Å². The summed E-state index contributed by atoms with van der Waals surface area (Å²) in [4.78, 5) is 75.4. The van der Waals surface area contributed by atoms with E-state index in [-0.39, 0.29) is 54.0 Å². The van der Waals surface area contributed by atoms with Crippen molar-refractivity contribution in [3.63, 3.8) is 0 Å². The molecule has 2 fully saturated rings. The number of carbonyl (C=O) groups is 6. The number of rotatable bonds is 14. The number of amides is 4. The van der Waals surface area contributed by atoms with Crippen molar-refractivity contribution >= 4 is 105 Å². The molecule has 8 rings (SSSR count). The molecule has 2 saturated heterocycles. The molecule has 4 atom stereocenters. The van der Waals surface area contributed by atoms with Crippen LogP contribution >= 0.6 is 69.7 Å². The summed E-state index contributed by atoms with van der Waals surface area (Å²) in [6, 6.07) is -1.59. The first kappa shape index (κ1) is 44.5. The molecule has 0 radical (unpaired) electrons. The van der Waals surface area contributed by atoms with E-state index >= 15 is 0 Å². The Morgan fingerprint density at radius 3 is 1.58 bits per heavy atom. The van der Waals surface area contributed by atoms with Gasteiger partial charge in [-0.2, -0.15) is 0 Å². The molecule has 0 aliphatic carbocycles. The molecule has 1 unspecified atom stereocenters. The van der Waals surface area contributed by atoms with Crippen LogP contribution in [0.4, 0.5) is 0 Å². The van der Waals surface area contributed by atoms with E-state index in [0.717, 1.165) is 18.7 Å². The molecule has 4 aliphatic heterocycles. The first-order chi connectivity index (χ1) is 27.9. The van der Waals surface area contributed by atoms with E-state index in [4.69, 9.17) is 0 Å². The van der Waals surface area contributed by atoms with Gasteiger partial charge in [-0.25, -0.2) is 14.2 Å². The normalized spacial score (nSPS) is 20.6. The zero-order chi connectivity index (χ0) is 41.1. The fourth-order valence-electron chi connectivity index (χ4n) is 5.79. The van der Waals surface area contributed by atoms with Crippen LogP contribution in [-0.2, 0) is 41.9 Å². The number of carboxylic acids is 2. The molecule has 0 spiro atoms. The van der Waals surface area contributed by atoms with Crippen LogP contribution in [0.15, 0.2) is 43.9 Å². The van der Waals surface area contributed by atoms with Crippen LogP contribution in [0.25, 0.3) is 0 Å². The van der Waals surface area contributed by atoms with Crippen LogP contribution in [0, 0.1) is 13.8 Å². The molecule has 0 aromatic carbocycles. The number of fused-ring (bicyclic) bond motifs is 2. The SMILES string of the molecule is Cc1nnc(SCC2=C(C(=O)O)N3C(=O)C(NC(=O)Cn4cnnn4)[C@H]3SC2)s1.Cc1nnc(SCC2=C(C(=O)[O-])N3C(=O)[C@@H](NC(=O)Cn4cnnn4)[C@H]3SC2)s1.[Na+]. The summed E-state index contributed by atoms with van der Waals surface area (Å²) < 4.78 is 3.93. The predicted octanol–water partition coefficient (Wildman–Crippen LogP) is -5.60. The molecule has 8 heterocycles. The van der Waals surface area contributed by atoms with Crippen molar-refractivity contribution in [1.82, 2.24) is 81.2 Å². The van der Waals surface area contributed by atoms with E-state index in [9.17, 15) is 39.0 Å². The van der Waals surface area contributed by atoms with Gasteiger partial charge in [-0.05, 0) is 45.8 Å². The Morgan fingerprint density at radius 1 is 0.763 bits per heavy atom. The molecule has 24 nitrogen and oxygen atoms in total. The number of hydrogen-bond donors (Lipinski definition) is 3. The van der Waals surface area contributed by atoms with E-state index in [1.165, 1.54) is 102 Å². The smallest absolute Gasteiger partial charge is 0.543 e. The van der Waals surface area contributed by atoms with Crippen LogP contribution in [0.2, 0.25) is 0 Å². The number of tetrazole rings is 2. The largest absolute Gasteiger partial charge is 1.00 e. The van der Waals surface area contributed by atoms with Gasteiger partial charge in [0, 0.05) is 23.0 Å². The topological polar surface area (TPSA) is 315 Å². The number of aliphatic carboxylic acids is 2. The van der Waals surface area contributed by atoms with Crippen molar-refractivity contribution in [2.75, 3.05) is 23.0 Å². The first-order valence-electron chi connectivity index (χ1n) is 16.5. The van der Waals surface area contributed by atoms with Crippen molar-refractivity contribution < 1.29 is 68.5 Å². The van der Waals surface area contributed by atoms with E-state index in [1.54, 1.807) is 0 Å². The van der Waals surface area contributed by atoms with Gasteiger partial charge in [-0.1, -0.05) is 46.2 Å². The Bertz CT molecular complexity index is 2150. The number of aryl methyl sites for hydroxylation is 2. The number of carboxylic acid groups (broad SMARTS) is 2. The van der Waals surface area contributed by atoms with Gasteiger partial charge in [0.25, 0.3) is 11.8 Å². The average Bonchev–Trinajstić information content (AvgIpc) is 4.04.